The SMILES string of the molecule is Fc1ccc(Cc2noc(-c3cccc4[nH]ncc34)n2)cc1Br. The monoisotopic (exact) mass is 372 g/mol. The van der Waals surface area contributed by atoms with Gasteiger partial charge in [-0.2, -0.15) is 10.1 Å². The smallest absolute Gasteiger partial charge is 0.258 e. The highest BCUT2D eigenvalue weighted by Crippen LogP contribution is 2.26. The normalized spacial score (nSPS) is 11.2. The fourth-order valence-corrected chi connectivity index (χ4v) is 2.85. The molecular formula is C16H10BrFN4O. The predicted molar refractivity (Wildman–Crippen MR) is 86.3 cm³/mol. The molecule has 0 amide bonds. The van der Waals surface area contributed by atoms with E-state index in [0.717, 1.165) is 22.0 Å². The van der Waals surface area contributed by atoms with Crippen LogP contribution in [0, 0.1) is 5.82 Å². The Bertz CT molecular complexity index is 995. The second kappa shape index (κ2) is 5.58. The average molecular weight is 373 g/mol. The first-order valence-electron chi connectivity index (χ1n) is 6.90. The second-order valence-electron chi connectivity index (χ2n) is 5.08. The summed E-state index contributed by atoms with van der Waals surface area (Å²) in [5.74, 6) is 0.682. The largest absolute Gasteiger partial charge is 0.334 e. The highest BCUT2D eigenvalue weighted by Gasteiger charge is 2.13. The van der Waals surface area contributed by atoms with E-state index in [9.17, 15) is 4.39 Å². The van der Waals surface area contributed by atoms with Gasteiger partial charge in [0.1, 0.15) is 5.82 Å². The topological polar surface area (TPSA) is 67.6 Å². The van der Waals surface area contributed by atoms with Crippen LogP contribution in [0.2, 0.25) is 0 Å². The van der Waals surface area contributed by atoms with Crippen molar-refractivity contribution in [2.75, 3.05) is 0 Å². The molecular weight excluding hydrogens is 363 g/mol. The highest BCUT2D eigenvalue weighted by atomic mass is 79.9. The lowest BCUT2D eigenvalue weighted by molar-refractivity contribution is 0.424. The van der Waals surface area contributed by atoms with E-state index in [2.05, 4.69) is 36.3 Å². The third-order valence-electron chi connectivity index (χ3n) is 3.53. The standard InChI is InChI=1S/C16H10BrFN4O/c17-12-6-9(4-5-13(12)18)7-15-20-16(23-22-15)10-2-1-3-14-11(10)8-19-21-14/h1-6,8H,7H2,(H,19,21). The summed E-state index contributed by atoms with van der Waals surface area (Å²) in [5, 5.41) is 11.9. The molecule has 0 bridgehead atoms. The van der Waals surface area contributed by atoms with Crippen LogP contribution in [0.4, 0.5) is 4.39 Å². The van der Waals surface area contributed by atoms with Gasteiger partial charge in [-0.25, -0.2) is 4.39 Å². The molecule has 114 valence electrons. The maximum atomic E-state index is 13.3. The maximum Gasteiger partial charge on any atom is 0.258 e. The highest BCUT2D eigenvalue weighted by molar-refractivity contribution is 9.10. The molecule has 0 unspecified atom stereocenters. The zero-order valence-electron chi connectivity index (χ0n) is 11.8. The lowest BCUT2D eigenvalue weighted by Gasteiger charge is -1.99. The van der Waals surface area contributed by atoms with Crippen molar-refractivity contribution in [1.29, 1.82) is 0 Å². The Balaban J connectivity index is 1.66. The van der Waals surface area contributed by atoms with Crippen molar-refractivity contribution in [3.8, 4) is 11.5 Å². The third-order valence-corrected chi connectivity index (χ3v) is 4.14. The molecule has 0 spiro atoms. The van der Waals surface area contributed by atoms with Crippen LogP contribution in [-0.2, 0) is 6.42 Å². The van der Waals surface area contributed by atoms with Gasteiger partial charge in [0.05, 0.1) is 21.7 Å². The Morgan fingerprint density at radius 1 is 1.22 bits per heavy atom. The van der Waals surface area contributed by atoms with E-state index in [1.165, 1.54) is 6.07 Å². The van der Waals surface area contributed by atoms with Gasteiger partial charge < -0.3 is 4.52 Å². The number of hydrogen-bond donors (Lipinski definition) is 1. The van der Waals surface area contributed by atoms with Gasteiger partial charge in [0.25, 0.3) is 5.89 Å². The van der Waals surface area contributed by atoms with Crippen LogP contribution in [-0.4, -0.2) is 20.3 Å². The number of nitrogens with zero attached hydrogens (tertiary/aromatic N) is 3. The molecule has 23 heavy (non-hydrogen) atoms. The first-order chi connectivity index (χ1) is 11.2. The van der Waals surface area contributed by atoms with Crippen LogP contribution < -0.4 is 0 Å². The second-order valence-corrected chi connectivity index (χ2v) is 5.93. The maximum absolute atomic E-state index is 13.3. The summed E-state index contributed by atoms with van der Waals surface area (Å²) in [5.41, 5.74) is 2.63. The van der Waals surface area contributed by atoms with Crippen molar-refractivity contribution >= 4 is 26.8 Å². The van der Waals surface area contributed by atoms with Gasteiger partial charge in [-0.1, -0.05) is 17.3 Å². The van der Waals surface area contributed by atoms with E-state index in [4.69, 9.17) is 4.52 Å². The molecule has 2 aromatic heterocycles. The fourth-order valence-electron chi connectivity index (χ4n) is 2.42. The van der Waals surface area contributed by atoms with E-state index < -0.39 is 0 Å². The van der Waals surface area contributed by atoms with E-state index in [1.807, 2.05) is 18.2 Å². The number of H-pyrrole nitrogens is 1. The summed E-state index contributed by atoms with van der Waals surface area (Å²) in [6.07, 6.45) is 2.19. The zero-order valence-corrected chi connectivity index (χ0v) is 13.3. The van der Waals surface area contributed by atoms with E-state index in [-0.39, 0.29) is 5.82 Å². The zero-order chi connectivity index (χ0) is 15.8. The molecule has 4 rings (SSSR count). The number of fused-ring (bicyclic) bond motifs is 1. The van der Waals surface area contributed by atoms with Crippen molar-refractivity contribution in [3.05, 3.63) is 64.3 Å². The van der Waals surface area contributed by atoms with Crippen molar-refractivity contribution in [3.63, 3.8) is 0 Å². The molecule has 0 fully saturated rings. The van der Waals surface area contributed by atoms with Gasteiger partial charge in [-0.3, -0.25) is 5.10 Å². The Hall–Kier alpha value is -2.54. The molecule has 0 aliphatic carbocycles. The lowest BCUT2D eigenvalue weighted by Crippen LogP contribution is -1.92. The van der Waals surface area contributed by atoms with Crippen molar-refractivity contribution in [2.24, 2.45) is 0 Å². The molecule has 0 aliphatic rings. The summed E-state index contributed by atoms with van der Waals surface area (Å²) < 4.78 is 19.1. The number of aromatic amines is 1. The Morgan fingerprint density at radius 3 is 3.00 bits per heavy atom. The Kier molecular flexibility index (Phi) is 3.42. The minimum Gasteiger partial charge on any atom is -0.334 e. The summed E-state index contributed by atoms with van der Waals surface area (Å²) in [4.78, 5) is 4.43. The number of aromatic nitrogens is 4. The summed E-state index contributed by atoms with van der Waals surface area (Å²) >= 11 is 3.17. The number of hydrogen-bond acceptors (Lipinski definition) is 4. The van der Waals surface area contributed by atoms with Crippen molar-refractivity contribution < 1.29 is 8.91 Å². The quantitative estimate of drug-likeness (QED) is 0.587. The summed E-state index contributed by atoms with van der Waals surface area (Å²) in [6, 6.07) is 10.6. The lowest BCUT2D eigenvalue weighted by atomic mass is 10.1. The van der Waals surface area contributed by atoms with Crippen LogP contribution in [0.1, 0.15) is 11.4 Å². The van der Waals surface area contributed by atoms with Crippen LogP contribution in [0.25, 0.3) is 22.4 Å². The van der Waals surface area contributed by atoms with E-state index in [0.29, 0.717) is 22.6 Å². The predicted octanol–water partition coefficient (Wildman–Crippen LogP) is 4.11. The molecule has 0 atom stereocenters. The van der Waals surface area contributed by atoms with Gasteiger partial charge in [0.15, 0.2) is 5.82 Å². The summed E-state index contributed by atoms with van der Waals surface area (Å²) in [6.45, 7) is 0. The number of rotatable bonds is 3. The Morgan fingerprint density at radius 2 is 2.13 bits per heavy atom. The molecule has 4 aromatic rings. The van der Waals surface area contributed by atoms with Gasteiger partial charge >= 0.3 is 0 Å². The minimum atomic E-state index is -0.297. The average Bonchev–Trinajstić information content (AvgIpc) is 3.19. The van der Waals surface area contributed by atoms with Gasteiger partial charge in [0.2, 0.25) is 0 Å². The molecule has 0 radical (unpaired) electrons. The molecule has 2 aromatic carbocycles. The van der Waals surface area contributed by atoms with E-state index >= 15 is 0 Å². The van der Waals surface area contributed by atoms with Crippen molar-refractivity contribution in [1.82, 2.24) is 20.3 Å². The first kappa shape index (κ1) is 14.1. The number of halogens is 2. The van der Waals surface area contributed by atoms with Crippen LogP contribution in [0.3, 0.4) is 0 Å². The van der Waals surface area contributed by atoms with Gasteiger partial charge in [-0.15, -0.1) is 0 Å². The van der Waals surface area contributed by atoms with Gasteiger partial charge in [-0.05, 0) is 45.8 Å². The van der Waals surface area contributed by atoms with Crippen LogP contribution in [0.5, 0.6) is 0 Å². The summed E-state index contributed by atoms with van der Waals surface area (Å²) in [7, 11) is 0. The Labute approximate surface area is 138 Å². The van der Waals surface area contributed by atoms with Crippen LogP contribution >= 0.6 is 15.9 Å². The van der Waals surface area contributed by atoms with Gasteiger partial charge in [0, 0.05) is 11.8 Å². The molecule has 5 nitrogen and oxygen atoms in total. The molecule has 7 heteroatoms. The third kappa shape index (κ3) is 2.63. The van der Waals surface area contributed by atoms with E-state index in [1.54, 1.807) is 18.3 Å². The molecule has 0 saturated carbocycles. The molecule has 0 saturated heterocycles. The number of nitrogens with one attached hydrogen (secondary N) is 1. The van der Waals surface area contributed by atoms with Crippen molar-refractivity contribution in [2.45, 2.75) is 6.42 Å². The number of benzene rings is 2. The molecule has 2 heterocycles. The fraction of sp³-hybridized carbons (Fsp3) is 0.0625. The van der Waals surface area contributed by atoms with Crippen LogP contribution in [0.15, 0.2) is 51.6 Å². The first-order valence-corrected chi connectivity index (χ1v) is 7.69. The minimum absolute atomic E-state index is 0.297. The molecule has 0 aliphatic heterocycles. The molecule has 1 N–H and O–H groups in total.